The molecule has 2 aliphatic carbocycles. The average molecular weight is 475 g/mol. The normalized spacial score (nSPS) is 29.3. The van der Waals surface area contributed by atoms with Crippen molar-refractivity contribution in [2.24, 2.45) is 12.5 Å². The molecule has 0 radical (unpaired) electrons. The summed E-state index contributed by atoms with van der Waals surface area (Å²) in [6.45, 7) is 4.27. The summed E-state index contributed by atoms with van der Waals surface area (Å²) < 4.78 is 17.1. The van der Waals surface area contributed by atoms with Crippen molar-refractivity contribution in [3.05, 3.63) is 65.8 Å². The van der Waals surface area contributed by atoms with Gasteiger partial charge >= 0.3 is 0 Å². The standard InChI is InChI=1S/C29H35FN4O/c1-28-13-7-6-10-26(28)29(14-15-33(20-29)24-8-4-3-5-9-24)27(35)34(28)19-22-12-11-21(16-25(22)30)23-17-31-32(2)18-23/h6-7,10-12,16-18,24H,3-5,8-9,13-15,19-20H2,1-2H3. The highest BCUT2D eigenvalue weighted by molar-refractivity contribution is 5.93. The maximum atomic E-state index is 15.3. The fourth-order valence-electron chi connectivity index (χ4n) is 7.11. The molecule has 6 heteroatoms. The van der Waals surface area contributed by atoms with Gasteiger partial charge in [-0.3, -0.25) is 14.4 Å². The number of hydrogen-bond donors (Lipinski definition) is 0. The number of allylic oxidation sites excluding steroid dienone is 2. The molecule has 184 valence electrons. The number of fused-ring (bicyclic) bond motifs is 2. The number of hydrogen-bond acceptors (Lipinski definition) is 3. The van der Waals surface area contributed by atoms with E-state index in [1.54, 1.807) is 16.9 Å². The van der Waals surface area contributed by atoms with Crippen molar-refractivity contribution in [2.45, 2.75) is 70.0 Å². The van der Waals surface area contributed by atoms with Crippen LogP contribution in [0, 0.1) is 11.2 Å². The van der Waals surface area contributed by atoms with E-state index in [2.05, 4.69) is 35.2 Å². The minimum absolute atomic E-state index is 0.184. The Balaban J connectivity index is 1.30. The number of rotatable bonds is 4. The zero-order valence-corrected chi connectivity index (χ0v) is 20.8. The number of nitrogens with zero attached hydrogens (tertiary/aromatic N) is 4. The van der Waals surface area contributed by atoms with Gasteiger partial charge in [0.05, 0.1) is 17.2 Å². The Bertz CT molecular complexity index is 1210. The smallest absolute Gasteiger partial charge is 0.235 e. The molecule has 35 heavy (non-hydrogen) atoms. The third-order valence-corrected chi connectivity index (χ3v) is 9.07. The zero-order chi connectivity index (χ0) is 24.2. The zero-order valence-electron chi connectivity index (χ0n) is 20.8. The molecule has 2 aromatic rings. The van der Waals surface area contributed by atoms with Crippen molar-refractivity contribution in [2.75, 3.05) is 13.1 Å². The van der Waals surface area contributed by atoms with Crippen molar-refractivity contribution in [3.63, 3.8) is 0 Å². The number of carbonyl (C=O) groups excluding carboxylic acids is 1. The molecule has 1 amide bonds. The Kier molecular flexibility index (Phi) is 5.48. The van der Waals surface area contributed by atoms with Crippen LogP contribution in [-0.2, 0) is 18.4 Å². The van der Waals surface area contributed by atoms with Crippen LogP contribution in [0.3, 0.4) is 0 Å². The molecule has 5 nitrogen and oxygen atoms in total. The number of amides is 1. The lowest BCUT2D eigenvalue weighted by Crippen LogP contribution is -2.44. The van der Waals surface area contributed by atoms with Crippen LogP contribution in [0.15, 0.2) is 54.4 Å². The second kappa shape index (κ2) is 8.44. The van der Waals surface area contributed by atoms with Crippen molar-refractivity contribution in [1.29, 1.82) is 0 Å². The second-order valence-corrected chi connectivity index (χ2v) is 11.2. The summed E-state index contributed by atoms with van der Waals surface area (Å²) >= 11 is 0. The van der Waals surface area contributed by atoms with Crippen LogP contribution in [-0.4, -0.2) is 50.2 Å². The van der Waals surface area contributed by atoms with Gasteiger partial charge < -0.3 is 4.90 Å². The number of benzene rings is 1. The first-order chi connectivity index (χ1) is 16.9. The lowest BCUT2D eigenvalue weighted by atomic mass is 9.72. The summed E-state index contributed by atoms with van der Waals surface area (Å²) in [4.78, 5) is 18.8. The second-order valence-electron chi connectivity index (χ2n) is 11.2. The minimum Gasteiger partial charge on any atom is -0.328 e. The summed E-state index contributed by atoms with van der Waals surface area (Å²) in [5, 5.41) is 4.20. The van der Waals surface area contributed by atoms with E-state index in [0.717, 1.165) is 37.1 Å². The van der Waals surface area contributed by atoms with Crippen molar-refractivity contribution in [1.82, 2.24) is 19.6 Å². The van der Waals surface area contributed by atoms with Crippen LogP contribution in [0.2, 0.25) is 0 Å². The third kappa shape index (κ3) is 3.60. The maximum Gasteiger partial charge on any atom is 0.235 e. The first-order valence-electron chi connectivity index (χ1n) is 13.1. The highest BCUT2D eigenvalue weighted by Crippen LogP contribution is 2.56. The molecule has 2 atom stereocenters. The summed E-state index contributed by atoms with van der Waals surface area (Å²) in [6, 6.07) is 5.95. The van der Waals surface area contributed by atoms with Crippen molar-refractivity contribution >= 4 is 5.91 Å². The molecule has 6 rings (SSSR count). The fraction of sp³-hybridized carbons (Fsp3) is 0.517. The van der Waals surface area contributed by atoms with Crippen LogP contribution < -0.4 is 0 Å². The van der Waals surface area contributed by atoms with E-state index in [1.165, 1.54) is 37.7 Å². The van der Waals surface area contributed by atoms with Gasteiger partial charge in [-0.05, 0) is 56.4 Å². The molecule has 1 spiro atoms. The SMILES string of the molecule is Cn1cc(-c2ccc(CN3C(=O)C4(CCN(C5CCCCC5)C4)C4=CC=CCC43C)c(F)c2)cn1. The summed E-state index contributed by atoms with van der Waals surface area (Å²) in [6.07, 6.45) is 18.2. The summed E-state index contributed by atoms with van der Waals surface area (Å²) in [5.74, 6) is -0.0835. The van der Waals surface area contributed by atoms with Crippen LogP contribution >= 0.6 is 0 Å². The van der Waals surface area contributed by atoms with Gasteiger partial charge in [-0.2, -0.15) is 5.10 Å². The van der Waals surface area contributed by atoms with Crippen LogP contribution in [0.25, 0.3) is 11.1 Å². The molecule has 4 aliphatic rings. The summed E-state index contributed by atoms with van der Waals surface area (Å²) in [7, 11) is 1.85. The lowest BCUT2D eigenvalue weighted by Gasteiger charge is -2.37. The molecular weight excluding hydrogens is 439 g/mol. The molecule has 2 aliphatic heterocycles. The van der Waals surface area contributed by atoms with Gasteiger partial charge in [0, 0.05) is 43.5 Å². The fourth-order valence-corrected chi connectivity index (χ4v) is 7.11. The third-order valence-electron chi connectivity index (χ3n) is 9.07. The number of aromatic nitrogens is 2. The number of carbonyl (C=O) groups is 1. The Labute approximate surface area is 207 Å². The van der Waals surface area contributed by atoms with E-state index >= 15 is 4.39 Å². The predicted molar refractivity (Wildman–Crippen MR) is 135 cm³/mol. The Morgan fingerprint density at radius 1 is 1.17 bits per heavy atom. The Morgan fingerprint density at radius 2 is 2.00 bits per heavy atom. The number of likely N-dealkylation sites (tertiary alicyclic amines) is 2. The van der Waals surface area contributed by atoms with Gasteiger partial charge in [0.2, 0.25) is 5.91 Å². The molecule has 1 saturated carbocycles. The summed E-state index contributed by atoms with van der Waals surface area (Å²) in [5.41, 5.74) is 2.63. The van der Waals surface area contributed by atoms with Gasteiger partial charge in [0.1, 0.15) is 5.82 Å². The topological polar surface area (TPSA) is 41.4 Å². The van der Waals surface area contributed by atoms with Gasteiger partial charge in [0.15, 0.2) is 0 Å². The molecule has 3 fully saturated rings. The molecule has 0 bridgehead atoms. The predicted octanol–water partition coefficient (Wildman–Crippen LogP) is 5.24. The van der Waals surface area contributed by atoms with E-state index in [1.807, 2.05) is 30.3 Å². The van der Waals surface area contributed by atoms with Gasteiger partial charge in [-0.25, -0.2) is 4.39 Å². The number of aryl methyl sites for hydroxylation is 1. The van der Waals surface area contributed by atoms with E-state index in [9.17, 15) is 4.79 Å². The van der Waals surface area contributed by atoms with Crippen LogP contribution in [0.4, 0.5) is 4.39 Å². The molecule has 2 saturated heterocycles. The Hall–Kier alpha value is -2.73. The minimum atomic E-state index is -0.469. The quantitative estimate of drug-likeness (QED) is 0.609. The van der Waals surface area contributed by atoms with Gasteiger partial charge in [0.25, 0.3) is 0 Å². The first-order valence-corrected chi connectivity index (χ1v) is 13.1. The maximum absolute atomic E-state index is 15.3. The number of halogens is 1. The Morgan fingerprint density at radius 3 is 2.74 bits per heavy atom. The van der Waals surface area contributed by atoms with Gasteiger partial charge in [-0.15, -0.1) is 0 Å². The average Bonchev–Trinajstić information content (AvgIpc) is 3.55. The lowest BCUT2D eigenvalue weighted by molar-refractivity contribution is -0.138. The van der Waals surface area contributed by atoms with Gasteiger partial charge in [-0.1, -0.05) is 49.6 Å². The highest BCUT2D eigenvalue weighted by Gasteiger charge is 2.63. The monoisotopic (exact) mass is 474 g/mol. The van der Waals surface area contributed by atoms with E-state index in [-0.39, 0.29) is 11.7 Å². The first kappa shape index (κ1) is 22.7. The van der Waals surface area contributed by atoms with Crippen LogP contribution in [0.1, 0.15) is 57.4 Å². The highest BCUT2D eigenvalue weighted by atomic mass is 19.1. The van der Waals surface area contributed by atoms with E-state index in [0.29, 0.717) is 18.2 Å². The van der Waals surface area contributed by atoms with E-state index in [4.69, 9.17) is 0 Å². The van der Waals surface area contributed by atoms with Crippen molar-refractivity contribution in [3.8, 4) is 11.1 Å². The molecule has 1 aromatic heterocycles. The molecule has 3 heterocycles. The molecule has 0 N–H and O–H groups in total. The molecule has 1 aromatic carbocycles. The largest absolute Gasteiger partial charge is 0.328 e. The van der Waals surface area contributed by atoms with E-state index < -0.39 is 11.0 Å². The molecule has 2 unspecified atom stereocenters. The molecular formula is C29H35FN4O. The van der Waals surface area contributed by atoms with Crippen LogP contribution in [0.5, 0.6) is 0 Å². The van der Waals surface area contributed by atoms with Crippen molar-refractivity contribution < 1.29 is 9.18 Å².